The van der Waals surface area contributed by atoms with Crippen LogP contribution in [0.2, 0.25) is 5.02 Å². The lowest BCUT2D eigenvalue weighted by molar-refractivity contribution is 0.0611. The van der Waals surface area contributed by atoms with Gasteiger partial charge in [-0.2, -0.15) is 0 Å². The van der Waals surface area contributed by atoms with E-state index in [1.54, 1.807) is 11.0 Å². The third-order valence-corrected chi connectivity index (χ3v) is 3.14. The Morgan fingerprint density at radius 3 is 2.73 bits per heavy atom. The predicted octanol–water partition coefficient (Wildman–Crippen LogP) is 3.20. The zero-order chi connectivity index (χ0) is 11.0. The SMILES string of the molecule is FC(F)C1CN(c2ncc(Cl)cc2Br)C1. The van der Waals surface area contributed by atoms with Gasteiger partial charge >= 0.3 is 0 Å². The number of alkyl halides is 2. The molecule has 0 N–H and O–H groups in total. The molecule has 2 rings (SSSR count). The fraction of sp³-hybridized carbons (Fsp3) is 0.444. The summed E-state index contributed by atoms with van der Waals surface area (Å²) in [6.45, 7) is 0.704. The van der Waals surface area contributed by atoms with Gasteiger partial charge in [0.05, 0.1) is 15.4 Å². The standard InChI is InChI=1S/C9H8BrClF2N2/c10-7-1-6(11)2-14-9(7)15-3-5(4-15)8(12)13/h1-2,5,8H,3-4H2. The first kappa shape index (κ1) is 11.1. The Bertz CT molecular complexity index is 369. The van der Waals surface area contributed by atoms with E-state index >= 15 is 0 Å². The van der Waals surface area contributed by atoms with Crippen LogP contribution in [-0.4, -0.2) is 24.5 Å². The minimum Gasteiger partial charge on any atom is -0.355 e. The molecule has 1 aliphatic rings. The van der Waals surface area contributed by atoms with Crippen molar-refractivity contribution in [3.63, 3.8) is 0 Å². The van der Waals surface area contributed by atoms with Gasteiger partial charge in [-0.1, -0.05) is 11.6 Å². The summed E-state index contributed by atoms with van der Waals surface area (Å²) in [4.78, 5) is 5.90. The van der Waals surface area contributed by atoms with Crippen molar-refractivity contribution in [1.82, 2.24) is 4.98 Å². The molecule has 0 radical (unpaired) electrons. The first-order valence-electron chi connectivity index (χ1n) is 4.42. The summed E-state index contributed by atoms with van der Waals surface area (Å²) in [6, 6.07) is 1.71. The largest absolute Gasteiger partial charge is 0.355 e. The molecule has 1 saturated heterocycles. The van der Waals surface area contributed by atoms with Crippen LogP contribution in [0.15, 0.2) is 16.7 Å². The molecule has 0 aromatic carbocycles. The fourth-order valence-corrected chi connectivity index (χ4v) is 2.37. The number of pyridine rings is 1. The first-order valence-corrected chi connectivity index (χ1v) is 5.59. The summed E-state index contributed by atoms with van der Waals surface area (Å²) in [5.74, 6) is 0.144. The Kier molecular flexibility index (Phi) is 3.11. The number of halogens is 4. The topological polar surface area (TPSA) is 16.1 Å². The molecule has 0 amide bonds. The Labute approximate surface area is 99.4 Å². The van der Waals surface area contributed by atoms with E-state index in [-0.39, 0.29) is 0 Å². The van der Waals surface area contributed by atoms with Gasteiger partial charge in [0, 0.05) is 19.3 Å². The van der Waals surface area contributed by atoms with E-state index in [1.807, 2.05) is 0 Å². The molecule has 0 saturated carbocycles. The van der Waals surface area contributed by atoms with E-state index in [9.17, 15) is 8.78 Å². The number of hydrogen-bond donors (Lipinski definition) is 0. The van der Waals surface area contributed by atoms with Crippen LogP contribution in [0.5, 0.6) is 0 Å². The van der Waals surface area contributed by atoms with Crippen LogP contribution in [0.4, 0.5) is 14.6 Å². The summed E-state index contributed by atoms with van der Waals surface area (Å²) in [5, 5.41) is 0.525. The lowest BCUT2D eigenvalue weighted by Crippen LogP contribution is -2.50. The molecule has 0 spiro atoms. The van der Waals surface area contributed by atoms with Gasteiger partial charge in [0.25, 0.3) is 0 Å². The molecule has 15 heavy (non-hydrogen) atoms. The van der Waals surface area contributed by atoms with Crippen molar-refractivity contribution < 1.29 is 8.78 Å². The maximum Gasteiger partial charge on any atom is 0.244 e. The average molecular weight is 298 g/mol. The highest BCUT2D eigenvalue weighted by Crippen LogP contribution is 2.33. The molecule has 0 bridgehead atoms. The van der Waals surface area contributed by atoms with Crippen LogP contribution in [0.25, 0.3) is 0 Å². The molecule has 0 unspecified atom stereocenters. The smallest absolute Gasteiger partial charge is 0.244 e. The number of anilines is 1. The third kappa shape index (κ3) is 2.23. The van der Waals surface area contributed by atoms with Gasteiger partial charge in [0.15, 0.2) is 0 Å². The van der Waals surface area contributed by atoms with E-state index in [1.165, 1.54) is 6.20 Å². The highest BCUT2D eigenvalue weighted by atomic mass is 79.9. The molecule has 1 fully saturated rings. The van der Waals surface area contributed by atoms with Crippen LogP contribution in [0, 0.1) is 5.92 Å². The maximum atomic E-state index is 12.3. The van der Waals surface area contributed by atoms with Gasteiger partial charge in [-0.15, -0.1) is 0 Å². The Hall–Kier alpha value is -0.420. The van der Waals surface area contributed by atoms with Crippen molar-refractivity contribution in [1.29, 1.82) is 0 Å². The van der Waals surface area contributed by atoms with Crippen molar-refractivity contribution in [2.75, 3.05) is 18.0 Å². The van der Waals surface area contributed by atoms with E-state index in [0.29, 0.717) is 23.9 Å². The molecule has 2 heterocycles. The Morgan fingerprint density at radius 2 is 2.20 bits per heavy atom. The second-order valence-electron chi connectivity index (χ2n) is 3.46. The maximum absolute atomic E-state index is 12.3. The molecule has 1 aromatic heterocycles. The Morgan fingerprint density at radius 1 is 1.53 bits per heavy atom. The molecule has 2 nitrogen and oxygen atoms in total. The van der Waals surface area contributed by atoms with E-state index in [4.69, 9.17) is 11.6 Å². The molecule has 0 aliphatic carbocycles. The van der Waals surface area contributed by atoms with Crippen molar-refractivity contribution in [3.05, 3.63) is 21.8 Å². The molecular weight excluding hydrogens is 289 g/mol. The highest BCUT2D eigenvalue weighted by Gasteiger charge is 2.35. The summed E-state index contributed by atoms with van der Waals surface area (Å²) >= 11 is 9.03. The second-order valence-corrected chi connectivity index (χ2v) is 4.75. The summed E-state index contributed by atoms with van der Waals surface area (Å²) in [6.07, 6.45) is -0.732. The average Bonchev–Trinajstić information content (AvgIpc) is 2.05. The summed E-state index contributed by atoms with van der Waals surface area (Å²) in [5.41, 5.74) is 0. The third-order valence-electron chi connectivity index (χ3n) is 2.35. The number of hydrogen-bond acceptors (Lipinski definition) is 2. The zero-order valence-corrected chi connectivity index (χ0v) is 9.97. The zero-order valence-electron chi connectivity index (χ0n) is 7.63. The molecule has 6 heteroatoms. The van der Waals surface area contributed by atoms with Crippen molar-refractivity contribution in [2.24, 2.45) is 5.92 Å². The quantitative estimate of drug-likeness (QED) is 0.833. The van der Waals surface area contributed by atoms with Crippen LogP contribution < -0.4 is 4.90 Å². The number of nitrogens with zero attached hydrogens (tertiary/aromatic N) is 2. The van der Waals surface area contributed by atoms with Gasteiger partial charge in [-0.3, -0.25) is 0 Å². The lowest BCUT2D eigenvalue weighted by Gasteiger charge is -2.39. The van der Waals surface area contributed by atoms with E-state index in [2.05, 4.69) is 20.9 Å². The monoisotopic (exact) mass is 296 g/mol. The Balaban J connectivity index is 2.07. The normalized spacial score (nSPS) is 17.0. The second kappa shape index (κ2) is 4.22. The summed E-state index contributed by atoms with van der Waals surface area (Å²) < 4.78 is 25.2. The van der Waals surface area contributed by atoms with Crippen molar-refractivity contribution >= 4 is 33.3 Å². The lowest BCUT2D eigenvalue weighted by atomic mass is 10.0. The number of rotatable bonds is 2. The summed E-state index contributed by atoms with van der Waals surface area (Å²) in [7, 11) is 0. The van der Waals surface area contributed by atoms with E-state index in [0.717, 1.165) is 4.47 Å². The first-order chi connectivity index (χ1) is 7.08. The number of aromatic nitrogens is 1. The minimum atomic E-state index is -2.24. The molecule has 1 aromatic rings. The van der Waals surface area contributed by atoms with E-state index < -0.39 is 12.3 Å². The van der Waals surface area contributed by atoms with Gasteiger partial charge in [0.2, 0.25) is 6.43 Å². The van der Waals surface area contributed by atoms with Crippen LogP contribution >= 0.6 is 27.5 Å². The van der Waals surface area contributed by atoms with Gasteiger partial charge in [0.1, 0.15) is 5.82 Å². The van der Waals surface area contributed by atoms with Gasteiger partial charge < -0.3 is 4.90 Å². The van der Waals surface area contributed by atoms with Crippen LogP contribution in [0.1, 0.15) is 0 Å². The molecule has 82 valence electrons. The van der Waals surface area contributed by atoms with Crippen molar-refractivity contribution in [2.45, 2.75) is 6.43 Å². The van der Waals surface area contributed by atoms with Crippen molar-refractivity contribution in [3.8, 4) is 0 Å². The van der Waals surface area contributed by atoms with Crippen LogP contribution in [-0.2, 0) is 0 Å². The van der Waals surface area contributed by atoms with Gasteiger partial charge in [-0.25, -0.2) is 13.8 Å². The van der Waals surface area contributed by atoms with Crippen LogP contribution in [0.3, 0.4) is 0 Å². The molecule has 0 atom stereocenters. The molecular formula is C9H8BrClF2N2. The van der Waals surface area contributed by atoms with Gasteiger partial charge in [-0.05, 0) is 22.0 Å². The fourth-order valence-electron chi connectivity index (χ4n) is 1.49. The minimum absolute atomic E-state index is 0.352. The molecule has 1 aliphatic heterocycles. The highest BCUT2D eigenvalue weighted by molar-refractivity contribution is 9.10. The predicted molar refractivity (Wildman–Crippen MR) is 58.7 cm³/mol.